The number of benzene rings is 2. The molecule has 11 heteroatoms. The molecule has 37 heavy (non-hydrogen) atoms. The summed E-state index contributed by atoms with van der Waals surface area (Å²) in [6.45, 7) is 1.29. The molecule has 1 aliphatic heterocycles. The average Bonchev–Trinajstić information content (AvgIpc) is 3.22. The van der Waals surface area contributed by atoms with Crippen LogP contribution in [0.1, 0.15) is 39.7 Å². The zero-order chi connectivity index (χ0) is 26.3. The van der Waals surface area contributed by atoms with Crippen molar-refractivity contribution in [1.82, 2.24) is 10.3 Å². The van der Waals surface area contributed by atoms with Crippen molar-refractivity contribution in [3.63, 3.8) is 0 Å². The Morgan fingerprint density at radius 3 is 2.54 bits per heavy atom. The SMILES string of the molecule is Nc1c(C(=O)O)sc2nc(N3CCC(NCC(O)c4ccc5ccccc5c4)CC3)cc(C(F)(F)F)c12. The van der Waals surface area contributed by atoms with Gasteiger partial charge in [-0.2, -0.15) is 13.2 Å². The zero-order valence-electron chi connectivity index (χ0n) is 19.6. The largest absolute Gasteiger partial charge is 0.477 e. The Morgan fingerprint density at radius 1 is 1.16 bits per heavy atom. The number of aromatic carboxylic acids is 1. The molecule has 2 aromatic carbocycles. The van der Waals surface area contributed by atoms with Gasteiger partial charge in [-0.3, -0.25) is 0 Å². The van der Waals surface area contributed by atoms with Crippen molar-refractivity contribution in [3.8, 4) is 0 Å². The first kappa shape index (κ1) is 25.2. The monoisotopic (exact) mass is 530 g/mol. The van der Waals surface area contributed by atoms with Crippen molar-refractivity contribution in [1.29, 1.82) is 0 Å². The van der Waals surface area contributed by atoms with E-state index in [-0.39, 0.29) is 27.0 Å². The Kier molecular flexibility index (Phi) is 6.69. The number of piperidine rings is 1. The molecule has 1 unspecified atom stereocenters. The van der Waals surface area contributed by atoms with E-state index in [4.69, 9.17) is 5.73 Å². The van der Waals surface area contributed by atoms with E-state index in [1.54, 1.807) is 4.90 Å². The highest BCUT2D eigenvalue weighted by Crippen LogP contribution is 2.43. The number of nitrogen functional groups attached to an aromatic ring is 1. The molecule has 1 saturated heterocycles. The summed E-state index contributed by atoms with van der Waals surface area (Å²) in [5, 5.41) is 25.1. The van der Waals surface area contributed by atoms with Crippen molar-refractivity contribution >= 4 is 49.8 Å². The van der Waals surface area contributed by atoms with Gasteiger partial charge in [0.2, 0.25) is 0 Å². The molecule has 0 radical (unpaired) electrons. The minimum Gasteiger partial charge on any atom is -0.477 e. The summed E-state index contributed by atoms with van der Waals surface area (Å²) < 4.78 is 41.5. The standard InChI is InChI=1S/C26H25F3N4O3S/c27-26(28,29)18-12-20(32-24-21(18)22(30)23(37-24)25(35)36)33-9-7-17(8-10-33)31-13-19(34)16-6-5-14-3-1-2-4-15(14)11-16/h1-6,11-12,17,19,31,34H,7-10,13,30H2,(H,35,36). The summed E-state index contributed by atoms with van der Waals surface area (Å²) in [5.74, 6) is -1.24. The van der Waals surface area contributed by atoms with E-state index in [0.29, 0.717) is 43.8 Å². The number of nitrogens with two attached hydrogens (primary N) is 1. The minimum absolute atomic E-state index is 0.0431. The van der Waals surface area contributed by atoms with Crippen LogP contribution in [0.2, 0.25) is 0 Å². The second-order valence-electron chi connectivity index (χ2n) is 9.15. The van der Waals surface area contributed by atoms with Gasteiger partial charge in [0.05, 0.1) is 17.4 Å². The first-order chi connectivity index (χ1) is 17.6. The lowest BCUT2D eigenvalue weighted by atomic mass is 10.0. The van der Waals surface area contributed by atoms with Crippen molar-refractivity contribution in [2.24, 2.45) is 0 Å². The highest BCUT2D eigenvalue weighted by molar-refractivity contribution is 7.21. The number of alkyl halides is 3. The lowest BCUT2D eigenvalue weighted by Crippen LogP contribution is -2.44. The summed E-state index contributed by atoms with van der Waals surface area (Å²) in [5.41, 5.74) is 5.19. The highest BCUT2D eigenvalue weighted by atomic mass is 32.1. The Morgan fingerprint density at radius 2 is 1.86 bits per heavy atom. The van der Waals surface area contributed by atoms with Gasteiger partial charge in [0.25, 0.3) is 0 Å². The Bertz CT molecular complexity index is 1460. The van der Waals surface area contributed by atoms with Gasteiger partial charge in [0.15, 0.2) is 0 Å². The van der Waals surface area contributed by atoms with Crippen molar-refractivity contribution in [3.05, 3.63) is 64.5 Å². The smallest absolute Gasteiger partial charge is 0.417 e. The van der Waals surface area contributed by atoms with Crippen molar-refractivity contribution < 1.29 is 28.2 Å². The molecule has 1 fully saturated rings. The second kappa shape index (κ2) is 9.81. The van der Waals surface area contributed by atoms with E-state index >= 15 is 0 Å². The molecule has 0 spiro atoms. The molecule has 194 valence electrons. The third-order valence-corrected chi connectivity index (χ3v) is 7.85. The van der Waals surface area contributed by atoms with E-state index in [9.17, 15) is 28.2 Å². The Hall–Kier alpha value is -3.41. The molecule has 0 aliphatic carbocycles. The summed E-state index contributed by atoms with van der Waals surface area (Å²) in [7, 11) is 0. The fourth-order valence-corrected chi connectivity index (χ4v) is 5.73. The van der Waals surface area contributed by atoms with Crippen molar-refractivity contribution in [2.45, 2.75) is 31.2 Å². The van der Waals surface area contributed by atoms with Gasteiger partial charge in [-0.05, 0) is 41.3 Å². The number of aliphatic hydroxyl groups excluding tert-OH is 1. The zero-order valence-corrected chi connectivity index (χ0v) is 20.4. The molecule has 0 amide bonds. The van der Waals surface area contributed by atoms with E-state index in [0.717, 1.165) is 22.4 Å². The number of aliphatic hydroxyl groups is 1. The quantitative estimate of drug-likeness (QED) is 0.276. The number of anilines is 2. The maximum atomic E-state index is 13.8. The van der Waals surface area contributed by atoms with E-state index < -0.39 is 29.5 Å². The number of nitrogens with zero attached hydrogens (tertiary/aromatic N) is 2. The maximum Gasteiger partial charge on any atom is 0.417 e. The summed E-state index contributed by atoms with van der Waals surface area (Å²) in [6.07, 6.45) is -4.09. The average molecular weight is 531 g/mol. The van der Waals surface area contributed by atoms with Crippen LogP contribution in [0.3, 0.4) is 0 Å². The molecule has 2 aromatic heterocycles. The molecule has 0 bridgehead atoms. The van der Waals surface area contributed by atoms with Crippen molar-refractivity contribution in [2.75, 3.05) is 30.3 Å². The second-order valence-corrected chi connectivity index (χ2v) is 10.1. The summed E-state index contributed by atoms with van der Waals surface area (Å²) >= 11 is 0.648. The lowest BCUT2D eigenvalue weighted by molar-refractivity contribution is -0.136. The number of thiophene rings is 1. The lowest BCUT2D eigenvalue weighted by Gasteiger charge is -2.34. The number of hydrogen-bond donors (Lipinski definition) is 4. The summed E-state index contributed by atoms with van der Waals surface area (Å²) in [4.78, 5) is 17.1. The Labute approximate surface area is 214 Å². The number of aromatic nitrogens is 1. The molecule has 3 heterocycles. The number of pyridine rings is 1. The number of hydrogen-bond acceptors (Lipinski definition) is 7. The number of nitrogens with one attached hydrogen (secondary N) is 1. The fraction of sp³-hybridized carbons (Fsp3) is 0.308. The van der Waals surface area contributed by atoms with Crippen LogP contribution in [0.15, 0.2) is 48.5 Å². The van der Waals surface area contributed by atoms with Crippen LogP contribution in [-0.4, -0.2) is 46.8 Å². The van der Waals surface area contributed by atoms with Crippen LogP contribution in [0.4, 0.5) is 24.7 Å². The van der Waals surface area contributed by atoms with Crippen LogP contribution in [0.5, 0.6) is 0 Å². The van der Waals surface area contributed by atoms with Gasteiger partial charge in [-0.25, -0.2) is 9.78 Å². The molecule has 1 aliphatic rings. The van der Waals surface area contributed by atoms with Gasteiger partial charge >= 0.3 is 12.1 Å². The maximum absolute atomic E-state index is 13.8. The van der Waals surface area contributed by atoms with E-state index in [2.05, 4.69) is 10.3 Å². The molecular formula is C26H25F3N4O3S. The third kappa shape index (κ3) is 5.07. The highest BCUT2D eigenvalue weighted by Gasteiger charge is 2.37. The number of carboxylic acid groups (broad SMARTS) is 1. The van der Waals surface area contributed by atoms with E-state index in [1.807, 2.05) is 42.5 Å². The molecule has 4 aromatic rings. The number of fused-ring (bicyclic) bond motifs is 2. The molecule has 7 nitrogen and oxygen atoms in total. The minimum atomic E-state index is -4.71. The van der Waals surface area contributed by atoms with Gasteiger partial charge in [-0.15, -0.1) is 11.3 Å². The molecule has 0 saturated carbocycles. The molecule has 1 atom stereocenters. The van der Waals surface area contributed by atoms with Gasteiger partial charge in [0.1, 0.15) is 15.5 Å². The van der Waals surface area contributed by atoms with Crippen LogP contribution in [0, 0.1) is 0 Å². The number of carboxylic acids is 1. The van der Waals surface area contributed by atoms with Crippen LogP contribution < -0.4 is 16.0 Å². The topological polar surface area (TPSA) is 112 Å². The normalized spacial score (nSPS) is 15.9. The summed E-state index contributed by atoms with van der Waals surface area (Å²) in [6, 6.07) is 14.8. The van der Waals surface area contributed by atoms with Crippen LogP contribution in [0.25, 0.3) is 21.0 Å². The number of carbonyl (C=O) groups is 1. The third-order valence-electron chi connectivity index (χ3n) is 6.76. The number of halogens is 3. The molecule has 5 rings (SSSR count). The molecular weight excluding hydrogens is 505 g/mol. The van der Waals surface area contributed by atoms with Crippen LogP contribution >= 0.6 is 11.3 Å². The van der Waals surface area contributed by atoms with E-state index in [1.165, 1.54) is 0 Å². The molecule has 5 N–H and O–H groups in total. The first-order valence-electron chi connectivity index (χ1n) is 11.8. The fourth-order valence-electron chi connectivity index (χ4n) is 4.78. The first-order valence-corrected chi connectivity index (χ1v) is 12.6. The van der Waals surface area contributed by atoms with Gasteiger partial charge < -0.3 is 26.2 Å². The van der Waals surface area contributed by atoms with Gasteiger partial charge in [0, 0.05) is 31.1 Å². The number of rotatable bonds is 6. The predicted molar refractivity (Wildman–Crippen MR) is 138 cm³/mol. The van der Waals surface area contributed by atoms with Gasteiger partial charge in [-0.1, -0.05) is 36.4 Å². The predicted octanol–water partition coefficient (Wildman–Crippen LogP) is 5.04. The van der Waals surface area contributed by atoms with Crippen LogP contribution in [-0.2, 0) is 6.18 Å². The Balaban J connectivity index is 1.26.